The summed E-state index contributed by atoms with van der Waals surface area (Å²) in [5.74, 6) is 0. The van der Waals surface area contributed by atoms with E-state index in [0.717, 1.165) is 0 Å². The van der Waals surface area contributed by atoms with Crippen molar-refractivity contribution in [1.29, 1.82) is 0 Å². The second-order valence-electron chi connectivity index (χ2n) is 8.11. The Morgan fingerprint density at radius 2 is 1.71 bits per heavy atom. The number of nitrogens with one attached hydrogen (secondary N) is 1. The fourth-order valence-corrected chi connectivity index (χ4v) is 3.85. The van der Waals surface area contributed by atoms with Crippen LogP contribution in [0, 0.1) is 5.41 Å². The molecule has 0 saturated heterocycles. The summed E-state index contributed by atoms with van der Waals surface area (Å²) in [5, 5.41) is 3.82. The van der Waals surface area contributed by atoms with E-state index in [9.17, 15) is 0 Å². The molecule has 1 aromatic rings. The van der Waals surface area contributed by atoms with Crippen molar-refractivity contribution in [2.75, 3.05) is 6.54 Å². The van der Waals surface area contributed by atoms with Gasteiger partial charge in [0.1, 0.15) is 0 Å². The van der Waals surface area contributed by atoms with Crippen molar-refractivity contribution in [3.8, 4) is 0 Å². The van der Waals surface area contributed by atoms with E-state index in [1.165, 1.54) is 50.6 Å². The van der Waals surface area contributed by atoms with Crippen LogP contribution in [0.4, 0.5) is 0 Å². The molecule has 1 aromatic carbocycles. The third kappa shape index (κ3) is 4.85. The summed E-state index contributed by atoms with van der Waals surface area (Å²) in [7, 11) is 0. The zero-order valence-corrected chi connectivity index (χ0v) is 14.4. The summed E-state index contributed by atoms with van der Waals surface area (Å²) in [6.07, 6.45) is 8.26. The zero-order chi connectivity index (χ0) is 15.3. The minimum atomic E-state index is 0.237. The van der Waals surface area contributed by atoms with E-state index in [2.05, 4.69) is 63.3 Å². The van der Waals surface area contributed by atoms with E-state index in [1.54, 1.807) is 0 Å². The summed E-state index contributed by atoms with van der Waals surface area (Å²) in [4.78, 5) is 0. The Hall–Kier alpha value is -0.820. The number of rotatable bonds is 6. The van der Waals surface area contributed by atoms with Crippen molar-refractivity contribution >= 4 is 0 Å². The third-order valence-electron chi connectivity index (χ3n) is 5.31. The molecule has 1 heteroatoms. The lowest BCUT2D eigenvalue weighted by Crippen LogP contribution is -2.40. The van der Waals surface area contributed by atoms with Gasteiger partial charge in [0.05, 0.1) is 0 Å². The van der Waals surface area contributed by atoms with Gasteiger partial charge >= 0.3 is 0 Å². The minimum absolute atomic E-state index is 0.237. The van der Waals surface area contributed by atoms with Gasteiger partial charge in [-0.25, -0.2) is 0 Å². The van der Waals surface area contributed by atoms with E-state index in [-0.39, 0.29) is 5.41 Å². The van der Waals surface area contributed by atoms with Crippen LogP contribution in [-0.4, -0.2) is 12.6 Å². The maximum absolute atomic E-state index is 3.82. The smallest absolute Gasteiger partial charge is 0.00472 e. The highest BCUT2D eigenvalue weighted by atomic mass is 14.9. The highest BCUT2D eigenvalue weighted by molar-refractivity contribution is 5.23. The molecule has 118 valence electrons. The molecule has 21 heavy (non-hydrogen) atoms. The van der Waals surface area contributed by atoms with Crippen molar-refractivity contribution in [1.82, 2.24) is 5.32 Å². The maximum Gasteiger partial charge on any atom is 0.00472 e. The lowest BCUT2D eigenvalue weighted by atomic mass is 9.75. The van der Waals surface area contributed by atoms with E-state index < -0.39 is 0 Å². The van der Waals surface area contributed by atoms with Crippen LogP contribution < -0.4 is 5.32 Å². The predicted molar refractivity (Wildman–Crippen MR) is 92.7 cm³/mol. The first kappa shape index (κ1) is 16.5. The summed E-state index contributed by atoms with van der Waals surface area (Å²) >= 11 is 0. The van der Waals surface area contributed by atoms with E-state index in [4.69, 9.17) is 0 Å². The van der Waals surface area contributed by atoms with Crippen molar-refractivity contribution < 1.29 is 0 Å². The van der Waals surface area contributed by atoms with Crippen LogP contribution in [0.3, 0.4) is 0 Å². The average Bonchev–Trinajstić information content (AvgIpc) is 2.47. The first-order chi connectivity index (χ1) is 9.91. The van der Waals surface area contributed by atoms with Crippen molar-refractivity contribution in [3.63, 3.8) is 0 Å². The quantitative estimate of drug-likeness (QED) is 0.748. The molecule has 1 saturated carbocycles. The minimum Gasteiger partial charge on any atom is -0.314 e. The third-order valence-corrected chi connectivity index (χ3v) is 5.31. The van der Waals surface area contributed by atoms with Gasteiger partial charge in [-0.15, -0.1) is 0 Å². The molecule has 1 aliphatic carbocycles. The van der Waals surface area contributed by atoms with Gasteiger partial charge in [-0.1, -0.05) is 70.4 Å². The molecular formula is C20H33N. The Kier molecular flexibility index (Phi) is 5.48. The maximum atomic E-state index is 3.82. The molecule has 1 fully saturated rings. The van der Waals surface area contributed by atoms with Crippen LogP contribution >= 0.6 is 0 Å². The summed E-state index contributed by atoms with van der Waals surface area (Å²) < 4.78 is 0. The molecule has 0 amide bonds. The molecular weight excluding hydrogens is 254 g/mol. The van der Waals surface area contributed by atoms with Crippen molar-refractivity contribution in [3.05, 3.63) is 35.9 Å². The molecule has 0 bridgehead atoms. The highest BCUT2D eigenvalue weighted by Crippen LogP contribution is 2.35. The Bertz CT molecular complexity index is 415. The van der Waals surface area contributed by atoms with Crippen LogP contribution in [0.5, 0.6) is 0 Å². The van der Waals surface area contributed by atoms with Crippen LogP contribution in [0.1, 0.15) is 71.8 Å². The summed E-state index contributed by atoms with van der Waals surface area (Å²) in [6, 6.07) is 11.5. The molecule has 0 aliphatic heterocycles. The van der Waals surface area contributed by atoms with Crippen LogP contribution in [0.25, 0.3) is 0 Å². The van der Waals surface area contributed by atoms with Gasteiger partial charge in [-0.3, -0.25) is 0 Å². The second kappa shape index (κ2) is 6.96. The molecule has 2 rings (SSSR count). The molecule has 1 N–H and O–H groups in total. The fraction of sp³-hybridized carbons (Fsp3) is 0.700. The number of hydrogen-bond acceptors (Lipinski definition) is 1. The SMILES string of the molecule is CC(CC(C)(C)c1ccccc1)NCC1(C)CCCCC1. The fourth-order valence-electron chi connectivity index (χ4n) is 3.85. The number of benzene rings is 1. The average molecular weight is 287 g/mol. The highest BCUT2D eigenvalue weighted by Gasteiger charge is 2.28. The van der Waals surface area contributed by atoms with Crippen LogP contribution in [-0.2, 0) is 5.41 Å². The molecule has 0 aromatic heterocycles. The normalized spacial score (nSPS) is 20.2. The summed E-state index contributed by atoms with van der Waals surface area (Å²) in [5.41, 5.74) is 2.22. The van der Waals surface area contributed by atoms with Crippen LogP contribution in [0.2, 0.25) is 0 Å². The monoisotopic (exact) mass is 287 g/mol. The van der Waals surface area contributed by atoms with Gasteiger partial charge in [-0.2, -0.15) is 0 Å². The van der Waals surface area contributed by atoms with Gasteiger partial charge in [0.2, 0.25) is 0 Å². The molecule has 0 spiro atoms. The Balaban J connectivity index is 1.85. The van der Waals surface area contributed by atoms with Crippen LogP contribution in [0.15, 0.2) is 30.3 Å². The second-order valence-corrected chi connectivity index (χ2v) is 8.11. The predicted octanol–water partition coefficient (Wildman–Crippen LogP) is 5.30. The lowest BCUT2D eigenvalue weighted by Gasteiger charge is -2.36. The van der Waals surface area contributed by atoms with Gasteiger partial charge in [0.15, 0.2) is 0 Å². The lowest BCUT2D eigenvalue weighted by molar-refractivity contribution is 0.197. The summed E-state index contributed by atoms with van der Waals surface area (Å²) in [6.45, 7) is 10.7. The molecule has 1 atom stereocenters. The molecule has 1 aliphatic rings. The molecule has 1 unspecified atom stereocenters. The Labute approximate surface area is 131 Å². The standard InChI is InChI=1S/C20H33N/c1-17(21-16-20(4)13-9-6-10-14-20)15-19(2,3)18-11-7-5-8-12-18/h5,7-8,11-12,17,21H,6,9-10,13-16H2,1-4H3. The topological polar surface area (TPSA) is 12.0 Å². The first-order valence-electron chi connectivity index (χ1n) is 8.70. The van der Waals surface area contributed by atoms with E-state index in [1.807, 2.05) is 0 Å². The Morgan fingerprint density at radius 3 is 2.33 bits per heavy atom. The first-order valence-corrected chi connectivity index (χ1v) is 8.70. The van der Waals surface area contributed by atoms with Crippen molar-refractivity contribution in [2.24, 2.45) is 5.41 Å². The molecule has 0 radical (unpaired) electrons. The van der Waals surface area contributed by atoms with E-state index in [0.29, 0.717) is 11.5 Å². The van der Waals surface area contributed by atoms with E-state index >= 15 is 0 Å². The molecule has 1 nitrogen and oxygen atoms in total. The Morgan fingerprint density at radius 1 is 1.10 bits per heavy atom. The van der Waals surface area contributed by atoms with Gasteiger partial charge in [0, 0.05) is 12.6 Å². The zero-order valence-electron chi connectivity index (χ0n) is 14.4. The van der Waals surface area contributed by atoms with Crippen molar-refractivity contribution in [2.45, 2.75) is 77.7 Å². The van der Waals surface area contributed by atoms with Gasteiger partial charge < -0.3 is 5.32 Å². The molecule has 0 heterocycles. The number of hydrogen-bond donors (Lipinski definition) is 1. The van der Waals surface area contributed by atoms with Gasteiger partial charge in [0.25, 0.3) is 0 Å². The van der Waals surface area contributed by atoms with Gasteiger partial charge in [-0.05, 0) is 42.6 Å². The largest absolute Gasteiger partial charge is 0.314 e.